The molecule has 0 amide bonds. The van der Waals surface area contributed by atoms with E-state index in [1.165, 1.54) is 13.4 Å². The van der Waals surface area contributed by atoms with E-state index < -0.39 is 0 Å². The van der Waals surface area contributed by atoms with Crippen molar-refractivity contribution in [3.63, 3.8) is 0 Å². The maximum Gasteiger partial charge on any atom is 0.242 e. The van der Waals surface area contributed by atoms with E-state index >= 15 is 0 Å². The van der Waals surface area contributed by atoms with Crippen molar-refractivity contribution in [3.05, 3.63) is 6.33 Å². The molecule has 0 fully saturated rings. The number of nitrogen functional groups attached to an aromatic ring is 1. The van der Waals surface area contributed by atoms with Gasteiger partial charge in [0.25, 0.3) is 0 Å². The average Bonchev–Trinajstić information content (AvgIpc) is 2.38. The number of hydrogen-bond donors (Lipinski definition) is 3. The summed E-state index contributed by atoms with van der Waals surface area (Å²) in [6.07, 6.45) is 4.35. The molecule has 1 heterocycles. The van der Waals surface area contributed by atoms with Gasteiger partial charge in [-0.1, -0.05) is 13.3 Å². The molecule has 0 bridgehead atoms. The fourth-order valence-electron chi connectivity index (χ4n) is 1.86. The van der Waals surface area contributed by atoms with Gasteiger partial charge in [0, 0.05) is 13.2 Å². The van der Waals surface area contributed by atoms with Gasteiger partial charge in [-0.25, -0.2) is 4.98 Å². The standard InChI is InChI=1S/C12H22N4O2/c1-3-4-9(5-6-17)7-14-11-10(13)12(18-2)16-8-15-11/h8-9,17H,3-7,13H2,1-2H3,(H,14,15,16). The molecule has 18 heavy (non-hydrogen) atoms. The van der Waals surface area contributed by atoms with E-state index in [1.807, 2.05) is 0 Å². The van der Waals surface area contributed by atoms with E-state index in [2.05, 4.69) is 22.2 Å². The minimum Gasteiger partial charge on any atom is -0.479 e. The van der Waals surface area contributed by atoms with Gasteiger partial charge in [0.05, 0.1) is 7.11 Å². The molecule has 0 saturated heterocycles. The maximum atomic E-state index is 9.00. The van der Waals surface area contributed by atoms with Crippen molar-refractivity contribution in [1.82, 2.24) is 9.97 Å². The Labute approximate surface area is 108 Å². The zero-order valence-electron chi connectivity index (χ0n) is 11.0. The zero-order chi connectivity index (χ0) is 13.4. The summed E-state index contributed by atoms with van der Waals surface area (Å²) in [6, 6.07) is 0. The second-order valence-electron chi connectivity index (χ2n) is 4.19. The average molecular weight is 254 g/mol. The topological polar surface area (TPSA) is 93.3 Å². The predicted molar refractivity (Wildman–Crippen MR) is 71.6 cm³/mol. The molecule has 6 nitrogen and oxygen atoms in total. The number of ether oxygens (including phenoxy) is 1. The highest BCUT2D eigenvalue weighted by molar-refractivity contribution is 5.66. The fraction of sp³-hybridized carbons (Fsp3) is 0.667. The Hall–Kier alpha value is -1.56. The molecular formula is C12H22N4O2. The summed E-state index contributed by atoms with van der Waals surface area (Å²) in [4.78, 5) is 8.01. The van der Waals surface area contributed by atoms with Crippen LogP contribution in [-0.2, 0) is 0 Å². The number of aromatic nitrogens is 2. The van der Waals surface area contributed by atoms with Crippen LogP contribution in [0.4, 0.5) is 11.5 Å². The van der Waals surface area contributed by atoms with Crippen molar-refractivity contribution >= 4 is 11.5 Å². The maximum absolute atomic E-state index is 9.00. The highest BCUT2D eigenvalue weighted by Crippen LogP contribution is 2.24. The van der Waals surface area contributed by atoms with Gasteiger partial charge in [-0.15, -0.1) is 0 Å². The van der Waals surface area contributed by atoms with Crippen LogP contribution in [0.2, 0.25) is 0 Å². The van der Waals surface area contributed by atoms with Gasteiger partial charge in [0.1, 0.15) is 12.0 Å². The van der Waals surface area contributed by atoms with Gasteiger partial charge >= 0.3 is 0 Å². The van der Waals surface area contributed by atoms with Crippen LogP contribution in [0.5, 0.6) is 5.88 Å². The van der Waals surface area contributed by atoms with Crippen molar-refractivity contribution in [2.75, 3.05) is 31.3 Å². The summed E-state index contributed by atoms with van der Waals surface area (Å²) in [5.74, 6) is 1.38. The number of anilines is 2. The first-order chi connectivity index (χ1) is 8.72. The van der Waals surface area contributed by atoms with E-state index in [4.69, 9.17) is 15.6 Å². The van der Waals surface area contributed by atoms with Gasteiger partial charge in [0.15, 0.2) is 5.82 Å². The molecule has 1 unspecified atom stereocenters. The van der Waals surface area contributed by atoms with Crippen molar-refractivity contribution in [3.8, 4) is 5.88 Å². The molecule has 0 saturated carbocycles. The predicted octanol–water partition coefficient (Wildman–Crippen LogP) is 1.28. The third-order valence-electron chi connectivity index (χ3n) is 2.83. The lowest BCUT2D eigenvalue weighted by Gasteiger charge is -2.17. The summed E-state index contributed by atoms with van der Waals surface area (Å²) < 4.78 is 5.03. The molecular weight excluding hydrogens is 232 g/mol. The molecule has 0 aliphatic heterocycles. The van der Waals surface area contributed by atoms with Crippen molar-refractivity contribution in [2.24, 2.45) is 5.92 Å². The van der Waals surface area contributed by atoms with Crippen LogP contribution in [-0.4, -0.2) is 35.3 Å². The number of nitrogens with two attached hydrogens (primary N) is 1. The normalized spacial score (nSPS) is 12.2. The molecule has 1 atom stereocenters. The third-order valence-corrected chi connectivity index (χ3v) is 2.83. The van der Waals surface area contributed by atoms with E-state index in [9.17, 15) is 0 Å². The largest absolute Gasteiger partial charge is 0.479 e. The van der Waals surface area contributed by atoms with E-state index in [1.54, 1.807) is 0 Å². The molecule has 1 aromatic rings. The van der Waals surface area contributed by atoms with E-state index in [-0.39, 0.29) is 6.61 Å². The molecule has 0 aliphatic rings. The van der Waals surface area contributed by atoms with Crippen LogP contribution < -0.4 is 15.8 Å². The van der Waals surface area contributed by atoms with Gasteiger partial charge in [-0.05, 0) is 18.8 Å². The number of rotatable bonds is 8. The first-order valence-corrected chi connectivity index (χ1v) is 6.22. The van der Waals surface area contributed by atoms with Gasteiger partial charge < -0.3 is 20.9 Å². The van der Waals surface area contributed by atoms with Crippen molar-refractivity contribution in [1.29, 1.82) is 0 Å². The lowest BCUT2D eigenvalue weighted by molar-refractivity contribution is 0.255. The quantitative estimate of drug-likeness (QED) is 0.647. The van der Waals surface area contributed by atoms with E-state index in [0.717, 1.165) is 25.8 Å². The summed E-state index contributed by atoms with van der Waals surface area (Å²) >= 11 is 0. The lowest BCUT2D eigenvalue weighted by atomic mass is 10.0. The first kappa shape index (κ1) is 14.5. The van der Waals surface area contributed by atoms with Gasteiger partial charge in [-0.2, -0.15) is 4.98 Å². The van der Waals surface area contributed by atoms with Crippen molar-refractivity contribution < 1.29 is 9.84 Å². The minimum atomic E-state index is 0.203. The lowest BCUT2D eigenvalue weighted by Crippen LogP contribution is -2.17. The smallest absolute Gasteiger partial charge is 0.242 e. The Balaban J connectivity index is 2.61. The minimum absolute atomic E-state index is 0.203. The zero-order valence-corrected chi connectivity index (χ0v) is 11.0. The van der Waals surface area contributed by atoms with Crippen LogP contribution in [0.15, 0.2) is 6.33 Å². The van der Waals surface area contributed by atoms with Crippen LogP contribution >= 0.6 is 0 Å². The molecule has 0 aromatic carbocycles. The summed E-state index contributed by atoms with van der Waals surface area (Å²) in [7, 11) is 1.52. The molecule has 102 valence electrons. The number of aliphatic hydroxyl groups excluding tert-OH is 1. The van der Waals surface area contributed by atoms with Crippen molar-refractivity contribution in [2.45, 2.75) is 26.2 Å². The first-order valence-electron chi connectivity index (χ1n) is 6.22. The summed E-state index contributed by atoms with van der Waals surface area (Å²) in [6.45, 7) is 3.07. The van der Waals surface area contributed by atoms with Gasteiger partial charge in [0.2, 0.25) is 5.88 Å². The molecule has 0 spiro atoms. The molecule has 0 aliphatic carbocycles. The van der Waals surface area contributed by atoms with Crippen LogP contribution in [0, 0.1) is 5.92 Å². The number of methoxy groups -OCH3 is 1. The Bertz CT molecular complexity index is 354. The number of nitrogens with one attached hydrogen (secondary N) is 1. The fourth-order valence-corrected chi connectivity index (χ4v) is 1.86. The molecule has 1 aromatic heterocycles. The van der Waals surface area contributed by atoms with Crippen LogP contribution in [0.1, 0.15) is 26.2 Å². The molecule has 6 heteroatoms. The SMILES string of the molecule is CCCC(CCO)CNc1ncnc(OC)c1N. The molecule has 0 radical (unpaired) electrons. The Kier molecular flexibility index (Phi) is 6.21. The summed E-state index contributed by atoms with van der Waals surface area (Å²) in [5.41, 5.74) is 6.28. The number of aliphatic hydroxyl groups is 1. The van der Waals surface area contributed by atoms with Crippen LogP contribution in [0.25, 0.3) is 0 Å². The Morgan fingerprint density at radius 2 is 2.22 bits per heavy atom. The second kappa shape index (κ2) is 7.71. The molecule has 4 N–H and O–H groups in total. The highest BCUT2D eigenvalue weighted by Gasteiger charge is 2.11. The second-order valence-corrected chi connectivity index (χ2v) is 4.19. The summed E-state index contributed by atoms with van der Waals surface area (Å²) in [5, 5.41) is 12.2. The highest BCUT2D eigenvalue weighted by atomic mass is 16.5. The van der Waals surface area contributed by atoms with Crippen LogP contribution in [0.3, 0.4) is 0 Å². The Morgan fingerprint density at radius 1 is 1.44 bits per heavy atom. The third kappa shape index (κ3) is 4.03. The van der Waals surface area contributed by atoms with Gasteiger partial charge in [-0.3, -0.25) is 0 Å². The monoisotopic (exact) mass is 254 g/mol. The Morgan fingerprint density at radius 3 is 2.83 bits per heavy atom. The molecule has 1 rings (SSSR count). The number of hydrogen-bond acceptors (Lipinski definition) is 6. The van der Waals surface area contributed by atoms with E-state index in [0.29, 0.717) is 23.3 Å². The number of nitrogens with zero attached hydrogens (tertiary/aromatic N) is 2.